The molecule has 0 fully saturated rings. The smallest absolute Gasteiger partial charge is 0.145 e. The number of ether oxygens (including phenoxy) is 1. The van der Waals surface area contributed by atoms with Crippen LogP contribution in [0.4, 0.5) is 0 Å². The average Bonchev–Trinajstić information content (AvgIpc) is 2.47. The van der Waals surface area contributed by atoms with Gasteiger partial charge in [0.25, 0.3) is 0 Å². The first-order valence-electron chi connectivity index (χ1n) is 6.39. The van der Waals surface area contributed by atoms with Crippen molar-refractivity contribution in [3.05, 3.63) is 54.6 Å². The van der Waals surface area contributed by atoms with Crippen LogP contribution < -0.4 is 15.3 Å². The fourth-order valence-electron chi connectivity index (χ4n) is 2.20. The third-order valence-electron chi connectivity index (χ3n) is 3.32. The lowest BCUT2D eigenvalue weighted by Crippen LogP contribution is -2.22. The van der Waals surface area contributed by atoms with E-state index in [0.717, 1.165) is 16.4 Å². The van der Waals surface area contributed by atoms with Crippen molar-refractivity contribution in [2.45, 2.75) is 19.5 Å². The van der Waals surface area contributed by atoms with E-state index >= 15 is 0 Å². The third-order valence-corrected chi connectivity index (χ3v) is 6.91. The second-order valence-electron chi connectivity index (χ2n) is 4.79. The highest BCUT2D eigenvalue weighted by molar-refractivity contribution is 7.79. The van der Waals surface area contributed by atoms with Crippen LogP contribution in [0, 0.1) is 0 Å². The second-order valence-corrected chi connectivity index (χ2v) is 8.17. The standard InChI is InChI=1S/C16H19O2P/c1-13(2)19(17,15-7-5-4-6-8-15)16-11-9-14(18-3)10-12-16/h4-13H,1-3H3. The van der Waals surface area contributed by atoms with Crippen molar-refractivity contribution in [2.24, 2.45) is 0 Å². The molecule has 0 aliphatic rings. The predicted molar refractivity (Wildman–Crippen MR) is 81.4 cm³/mol. The van der Waals surface area contributed by atoms with Crippen molar-refractivity contribution in [1.29, 1.82) is 0 Å². The van der Waals surface area contributed by atoms with Gasteiger partial charge in [-0.1, -0.05) is 44.2 Å². The van der Waals surface area contributed by atoms with Crippen LogP contribution in [0.5, 0.6) is 5.75 Å². The number of methoxy groups -OCH3 is 1. The summed E-state index contributed by atoms with van der Waals surface area (Å²) < 4.78 is 18.6. The summed E-state index contributed by atoms with van der Waals surface area (Å²) in [5, 5.41) is 1.80. The molecule has 2 nitrogen and oxygen atoms in total. The summed E-state index contributed by atoms with van der Waals surface area (Å²) in [5.74, 6) is 0.784. The molecule has 0 N–H and O–H groups in total. The van der Waals surface area contributed by atoms with Crippen LogP contribution in [0.2, 0.25) is 0 Å². The molecule has 0 radical (unpaired) electrons. The summed E-state index contributed by atoms with van der Waals surface area (Å²) in [6.45, 7) is 4.02. The molecule has 0 heterocycles. The van der Waals surface area contributed by atoms with E-state index in [9.17, 15) is 4.57 Å². The molecule has 100 valence electrons. The fraction of sp³-hybridized carbons (Fsp3) is 0.250. The Kier molecular flexibility index (Phi) is 4.11. The summed E-state index contributed by atoms with van der Waals surface area (Å²) in [6, 6.07) is 17.3. The first-order chi connectivity index (χ1) is 9.09. The summed E-state index contributed by atoms with van der Waals surface area (Å²) >= 11 is 0. The van der Waals surface area contributed by atoms with Gasteiger partial charge in [0.1, 0.15) is 12.9 Å². The Bertz CT molecular complexity index is 573. The molecule has 0 spiro atoms. The largest absolute Gasteiger partial charge is 0.497 e. The van der Waals surface area contributed by atoms with E-state index in [4.69, 9.17) is 4.74 Å². The summed E-state index contributed by atoms with van der Waals surface area (Å²) in [7, 11) is -0.949. The van der Waals surface area contributed by atoms with Crippen LogP contribution in [0.25, 0.3) is 0 Å². The van der Waals surface area contributed by atoms with Gasteiger partial charge in [-0.25, -0.2) is 0 Å². The highest BCUT2D eigenvalue weighted by Crippen LogP contribution is 2.48. The molecule has 2 rings (SSSR count). The van der Waals surface area contributed by atoms with Crippen LogP contribution in [0.15, 0.2) is 54.6 Å². The second kappa shape index (κ2) is 5.63. The van der Waals surface area contributed by atoms with E-state index in [1.165, 1.54) is 0 Å². The van der Waals surface area contributed by atoms with Crippen molar-refractivity contribution in [3.63, 3.8) is 0 Å². The molecule has 1 atom stereocenters. The maximum atomic E-state index is 13.5. The molecule has 1 unspecified atom stereocenters. The minimum atomic E-state index is -2.58. The Morgan fingerprint density at radius 3 is 1.89 bits per heavy atom. The van der Waals surface area contributed by atoms with Crippen LogP contribution in [0.3, 0.4) is 0 Å². The average molecular weight is 274 g/mol. The van der Waals surface area contributed by atoms with E-state index in [0.29, 0.717) is 0 Å². The first-order valence-corrected chi connectivity index (χ1v) is 8.16. The van der Waals surface area contributed by atoms with Crippen molar-refractivity contribution in [1.82, 2.24) is 0 Å². The van der Waals surface area contributed by atoms with Crippen LogP contribution in [-0.4, -0.2) is 12.8 Å². The SMILES string of the molecule is COc1ccc(P(=O)(c2ccccc2)C(C)C)cc1. The molecular weight excluding hydrogens is 255 g/mol. The van der Waals surface area contributed by atoms with E-state index in [1.807, 2.05) is 68.4 Å². The molecule has 3 heteroatoms. The Morgan fingerprint density at radius 2 is 1.42 bits per heavy atom. The lowest BCUT2D eigenvalue weighted by Gasteiger charge is -2.23. The quantitative estimate of drug-likeness (QED) is 0.799. The molecule has 0 bridgehead atoms. The van der Waals surface area contributed by atoms with Crippen molar-refractivity contribution >= 4 is 17.8 Å². The van der Waals surface area contributed by atoms with Crippen molar-refractivity contribution in [2.75, 3.05) is 7.11 Å². The lowest BCUT2D eigenvalue weighted by molar-refractivity contribution is 0.415. The van der Waals surface area contributed by atoms with Gasteiger partial charge < -0.3 is 9.30 Å². The minimum Gasteiger partial charge on any atom is -0.497 e. The normalized spacial score (nSPS) is 14.1. The van der Waals surface area contributed by atoms with Gasteiger partial charge in [-0.05, 0) is 24.3 Å². The van der Waals surface area contributed by atoms with E-state index in [1.54, 1.807) is 7.11 Å². The number of hydrogen-bond donors (Lipinski definition) is 0. The highest BCUT2D eigenvalue weighted by Gasteiger charge is 2.30. The Morgan fingerprint density at radius 1 is 0.895 bits per heavy atom. The zero-order valence-electron chi connectivity index (χ0n) is 11.5. The Labute approximate surface area is 114 Å². The highest BCUT2D eigenvalue weighted by atomic mass is 31.2. The van der Waals surface area contributed by atoms with E-state index in [2.05, 4.69) is 0 Å². The molecule has 2 aromatic carbocycles. The van der Waals surface area contributed by atoms with Crippen molar-refractivity contribution < 1.29 is 9.30 Å². The molecule has 0 aromatic heterocycles. The molecule has 0 aliphatic heterocycles. The minimum absolute atomic E-state index is 0.0725. The lowest BCUT2D eigenvalue weighted by atomic mass is 10.3. The monoisotopic (exact) mass is 274 g/mol. The zero-order valence-corrected chi connectivity index (χ0v) is 12.4. The molecule has 0 amide bonds. The van der Waals surface area contributed by atoms with Crippen LogP contribution >= 0.6 is 7.14 Å². The molecular formula is C16H19O2P. The maximum absolute atomic E-state index is 13.5. The summed E-state index contributed by atoms with van der Waals surface area (Å²) in [4.78, 5) is 0. The van der Waals surface area contributed by atoms with E-state index < -0.39 is 7.14 Å². The summed E-state index contributed by atoms with van der Waals surface area (Å²) in [5.41, 5.74) is 0.0725. The van der Waals surface area contributed by atoms with Gasteiger partial charge in [0.2, 0.25) is 0 Å². The van der Waals surface area contributed by atoms with Gasteiger partial charge in [-0.15, -0.1) is 0 Å². The molecule has 0 aliphatic carbocycles. The summed E-state index contributed by atoms with van der Waals surface area (Å²) in [6.07, 6.45) is 0. The van der Waals surface area contributed by atoms with Crippen molar-refractivity contribution in [3.8, 4) is 5.75 Å². The van der Waals surface area contributed by atoms with Crippen LogP contribution in [0.1, 0.15) is 13.8 Å². The topological polar surface area (TPSA) is 26.3 Å². The van der Waals surface area contributed by atoms with Gasteiger partial charge in [0, 0.05) is 16.3 Å². The number of benzene rings is 2. The van der Waals surface area contributed by atoms with Gasteiger partial charge in [-0.2, -0.15) is 0 Å². The first kappa shape index (κ1) is 13.9. The molecule has 0 saturated carbocycles. The predicted octanol–water partition coefficient (Wildman–Crippen LogP) is 3.42. The number of hydrogen-bond acceptors (Lipinski definition) is 2. The Balaban J connectivity index is 2.54. The fourth-order valence-corrected chi connectivity index (χ4v) is 4.90. The van der Waals surface area contributed by atoms with Gasteiger partial charge in [0.05, 0.1) is 7.11 Å². The van der Waals surface area contributed by atoms with Crippen LogP contribution in [-0.2, 0) is 4.57 Å². The molecule has 2 aromatic rings. The van der Waals surface area contributed by atoms with Gasteiger partial charge in [-0.3, -0.25) is 0 Å². The van der Waals surface area contributed by atoms with Gasteiger partial charge >= 0.3 is 0 Å². The van der Waals surface area contributed by atoms with E-state index in [-0.39, 0.29) is 5.66 Å². The van der Waals surface area contributed by atoms with Gasteiger partial charge in [0.15, 0.2) is 0 Å². The molecule has 0 saturated heterocycles. The third kappa shape index (κ3) is 2.59. The zero-order chi connectivity index (χ0) is 13.9. The number of rotatable bonds is 4. The Hall–Kier alpha value is -1.53. The maximum Gasteiger partial charge on any atom is 0.145 e. The molecule has 19 heavy (non-hydrogen) atoms.